The lowest BCUT2D eigenvalue weighted by Gasteiger charge is -1.97. The van der Waals surface area contributed by atoms with Gasteiger partial charge in [-0.05, 0) is 0 Å². The van der Waals surface area contributed by atoms with Crippen LogP contribution < -0.4 is 5.73 Å². The smallest absolute Gasteiger partial charge is 0.376 e. The molecule has 1 heterocycles. The van der Waals surface area contributed by atoms with E-state index in [-0.39, 0.29) is 11.8 Å². The van der Waals surface area contributed by atoms with Crippen molar-refractivity contribution in [2.75, 3.05) is 12.8 Å². The standard InChI is InChI=1S/C5H8N4O2/c1-9-3(4(10)11-2)7-8-5(9)6/h1-2H3,(H2,6,8). The molecule has 6 nitrogen and oxygen atoms in total. The van der Waals surface area contributed by atoms with Crippen molar-refractivity contribution in [1.29, 1.82) is 0 Å². The van der Waals surface area contributed by atoms with E-state index >= 15 is 0 Å². The maximum atomic E-state index is 10.8. The van der Waals surface area contributed by atoms with Gasteiger partial charge in [0, 0.05) is 7.05 Å². The van der Waals surface area contributed by atoms with E-state index in [1.165, 1.54) is 11.7 Å². The van der Waals surface area contributed by atoms with Crippen molar-refractivity contribution in [3.05, 3.63) is 5.82 Å². The van der Waals surface area contributed by atoms with Crippen molar-refractivity contribution < 1.29 is 9.53 Å². The highest BCUT2D eigenvalue weighted by Gasteiger charge is 2.13. The van der Waals surface area contributed by atoms with E-state index in [1.54, 1.807) is 7.05 Å². The fourth-order valence-corrected chi connectivity index (χ4v) is 0.610. The number of nitrogens with two attached hydrogens (primary N) is 1. The summed E-state index contributed by atoms with van der Waals surface area (Å²) >= 11 is 0. The van der Waals surface area contributed by atoms with E-state index in [0.717, 1.165) is 0 Å². The summed E-state index contributed by atoms with van der Waals surface area (Å²) in [5.41, 5.74) is 5.31. The van der Waals surface area contributed by atoms with Gasteiger partial charge in [-0.25, -0.2) is 4.79 Å². The number of methoxy groups -OCH3 is 1. The average molecular weight is 156 g/mol. The Morgan fingerprint density at radius 2 is 2.27 bits per heavy atom. The SMILES string of the molecule is COC(=O)c1nnc(N)n1C. The maximum Gasteiger partial charge on any atom is 0.376 e. The van der Waals surface area contributed by atoms with E-state index in [1.807, 2.05) is 0 Å². The molecule has 0 amide bonds. The van der Waals surface area contributed by atoms with Crippen molar-refractivity contribution >= 4 is 11.9 Å². The van der Waals surface area contributed by atoms with E-state index in [4.69, 9.17) is 5.73 Å². The summed E-state index contributed by atoms with van der Waals surface area (Å²) in [6.45, 7) is 0. The second kappa shape index (κ2) is 2.57. The maximum absolute atomic E-state index is 10.8. The average Bonchev–Trinajstić information content (AvgIpc) is 2.32. The lowest BCUT2D eigenvalue weighted by Crippen LogP contribution is -2.10. The molecule has 60 valence electrons. The molecule has 0 saturated heterocycles. The molecule has 0 atom stereocenters. The third kappa shape index (κ3) is 1.14. The molecule has 0 radical (unpaired) electrons. The summed E-state index contributed by atoms with van der Waals surface area (Å²) in [6, 6.07) is 0. The Hall–Kier alpha value is -1.59. The van der Waals surface area contributed by atoms with Crippen LogP contribution in [-0.4, -0.2) is 27.8 Å². The number of carbonyl (C=O) groups is 1. The molecule has 6 heteroatoms. The van der Waals surface area contributed by atoms with Gasteiger partial charge in [-0.1, -0.05) is 0 Å². The predicted molar refractivity (Wildman–Crippen MR) is 36.8 cm³/mol. The normalized spacial score (nSPS) is 9.64. The van der Waals surface area contributed by atoms with Gasteiger partial charge in [0.15, 0.2) is 0 Å². The van der Waals surface area contributed by atoms with Crippen LogP contribution in [0.25, 0.3) is 0 Å². The molecule has 2 N–H and O–H groups in total. The zero-order valence-electron chi connectivity index (χ0n) is 6.24. The number of hydrogen-bond donors (Lipinski definition) is 1. The Balaban J connectivity index is 3.04. The Bertz CT molecular complexity index is 280. The van der Waals surface area contributed by atoms with Crippen LogP contribution in [0, 0.1) is 0 Å². The fraction of sp³-hybridized carbons (Fsp3) is 0.400. The van der Waals surface area contributed by atoms with Gasteiger partial charge in [0.25, 0.3) is 0 Å². The monoisotopic (exact) mass is 156 g/mol. The van der Waals surface area contributed by atoms with E-state index in [0.29, 0.717) is 0 Å². The molecule has 11 heavy (non-hydrogen) atoms. The van der Waals surface area contributed by atoms with Gasteiger partial charge in [0.1, 0.15) is 0 Å². The fourth-order valence-electron chi connectivity index (χ4n) is 0.610. The minimum Gasteiger partial charge on any atom is -0.463 e. The van der Waals surface area contributed by atoms with E-state index < -0.39 is 5.97 Å². The van der Waals surface area contributed by atoms with Gasteiger partial charge in [-0.3, -0.25) is 4.57 Å². The number of nitrogens with zero attached hydrogens (tertiary/aromatic N) is 3. The lowest BCUT2D eigenvalue weighted by atomic mass is 10.6. The Morgan fingerprint density at radius 1 is 1.64 bits per heavy atom. The second-order valence-corrected chi connectivity index (χ2v) is 1.93. The van der Waals surface area contributed by atoms with Crippen LogP contribution in [0.2, 0.25) is 0 Å². The molecule has 0 aliphatic rings. The summed E-state index contributed by atoms with van der Waals surface area (Å²) in [4.78, 5) is 10.8. The number of hydrogen-bond acceptors (Lipinski definition) is 5. The number of anilines is 1. The number of nitrogen functional groups attached to an aromatic ring is 1. The first-order valence-corrected chi connectivity index (χ1v) is 2.90. The highest BCUT2D eigenvalue weighted by atomic mass is 16.5. The first kappa shape index (κ1) is 7.52. The number of rotatable bonds is 1. The first-order valence-electron chi connectivity index (χ1n) is 2.90. The summed E-state index contributed by atoms with van der Waals surface area (Å²) in [5, 5.41) is 6.97. The largest absolute Gasteiger partial charge is 0.463 e. The molecule has 0 bridgehead atoms. The Labute approximate surface area is 63.0 Å². The van der Waals surface area contributed by atoms with Crippen LogP contribution in [0.4, 0.5) is 5.95 Å². The third-order valence-electron chi connectivity index (χ3n) is 1.28. The summed E-state index contributed by atoms with van der Waals surface area (Å²) in [5.74, 6) is -0.257. The molecule has 0 saturated carbocycles. The number of esters is 1. The van der Waals surface area contributed by atoms with Gasteiger partial charge in [-0.2, -0.15) is 0 Å². The van der Waals surface area contributed by atoms with Gasteiger partial charge in [0.2, 0.25) is 11.8 Å². The molecule has 1 aromatic heterocycles. The van der Waals surface area contributed by atoms with Crippen molar-refractivity contribution in [2.45, 2.75) is 0 Å². The molecular weight excluding hydrogens is 148 g/mol. The van der Waals surface area contributed by atoms with Crippen LogP contribution in [0.1, 0.15) is 10.6 Å². The highest BCUT2D eigenvalue weighted by molar-refractivity contribution is 5.85. The van der Waals surface area contributed by atoms with Crippen molar-refractivity contribution in [3.8, 4) is 0 Å². The molecule has 0 aliphatic heterocycles. The van der Waals surface area contributed by atoms with Crippen molar-refractivity contribution in [1.82, 2.24) is 14.8 Å². The first-order chi connectivity index (χ1) is 5.16. The topological polar surface area (TPSA) is 83.0 Å². The van der Waals surface area contributed by atoms with Crippen molar-refractivity contribution in [2.24, 2.45) is 7.05 Å². The van der Waals surface area contributed by atoms with Crippen LogP contribution >= 0.6 is 0 Å². The van der Waals surface area contributed by atoms with Crippen LogP contribution in [0.15, 0.2) is 0 Å². The minimum atomic E-state index is -0.545. The van der Waals surface area contributed by atoms with Gasteiger partial charge in [0.05, 0.1) is 7.11 Å². The zero-order chi connectivity index (χ0) is 8.43. The van der Waals surface area contributed by atoms with Crippen LogP contribution in [-0.2, 0) is 11.8 Å². The molecule has 0 unspecified atom stereocenters. The summed E-state index contributed by atoms with van der Waals surface area (Å²) < 4.78 is 5.77. The molecule has 1 aromatic rings. The van der Waals surface area contributed by atoms with Crippen LogP contribution in [0.3, 0.4) is 0 Å². The summed E-state index contributed by atoms with van der Waals surface area (Å²) in [6.07, 6.45) is 0. The van der Waals surface area contributed by atoms with E-state index in [9.17, 15) is 4.79 Å². The van der Waals surface area contributed by atoms with E-state index in [2.05, 4.69) is 14.9 Å². The minimum absolute atomic E-state index is 0.102. The van der Waals surface area contributed by atoms with Gasteiger partial charge < -0.3 is 10.5 Å². The van der Waals surface area contributed by atoms with Gasteiger partial charge >= 0.3 is 5.97 Å². The predicted octanol–water partition coefficient (Wildman–Crippen LogP) is -0.816. The van der Waals surface area contributed by atoms with Gasteiger partial charge in [-0.15, -0.1) is 10.2 Å². The summed E-state index contributed by atoms with van der Waals surface area (Å²) in [7, 11) is 2.86. The molecule has 0 aliphatic carbocycles. The molecule has 0 fully saturated rings. The zero-order valence-corrected chi connectivity index (χ0v) is 6.24. The highest BCUT2D eigenvalue weighted by Crippen LogP contribution is 2.00. The number of aromatic nitrogens is 3. The Morgan fingerprint density at radius 3 is 2.64 bits per heavy atom. The molecule has 1 rings (SSSR count). The third-order valence-corrected chi connectivity index (χ3v) is 1.28. The quantitative estimate of drug-likeness (QED) is 0.537. The number of carbonyl (C=O) groups excluding carboxylic acids is 1. The lowest BCUT2D eigenvalue weighted by molar-refractivity contribution is 0.0582. The molecule has 0 aromatic carbocycles. The number of ether oxygens (including phenoxy) is 1. The molecule has 0 spiro atoms. The Kier molecular flexibility index (Phi) is 1.75. The molecular formula is C5H8N4O2. The van der Waals surface area contributed by atoms with Crippen molar-refractivity contribution in [3.63, 3.8) is 0 Å². The second-order valence-electron chi connectivity index (χ2n) is 1.93. The van der Waals surface area contributed by atoms with Crippen LogP contribution in [0.5, 0.6) is 0 Å².